The highest BCUT2D eigenvalue weighted by atomic mass is 19.1. The van der Waals surface area contributed by atoms with Gasteiger partial charge in [0.05, 0.1) is 11.3 Å². The molecule has 3 heteroatoms. The molecule has 110 valence electrons. The number of ketones is 1. The van der Waals surface area contributed by atoms with Gasteiger partial charge in [0.25, 0.3) is 0 Å². The lowest BCUT2D eigenvalue weighted by Crippen LogP contribution is -2.38. The molecular weight excluding hydrogens is 253 g/mol. The van der Waals surface area contributed by atoms with Gasteiger partial charge in [-0.05, 0) is 50.2 Å². The van der Waals surface area contributed by atoms with Crippen LogP contribution in [0.5, 0.6) is 0 Å². The van der Waals surface area contributed by atoms with Crippen molar-refractivity contribution >= 4 is 11.5 Å². The zero-order valence-corrected chi connectivity index (χ0v) is 12.9. The van der Waals surface area contributed by atoms with Gasteiger partial charge in [-0.15, -0.1) is 0 Å². The third kappa shape index (κ3) is 3.02. The van der Waals surface area contributed by atoms with E-state index in [1.165, 1.54) is 25.8 Å². The minimum atomic E-state index is -0.419. The highest BCUT2D eigenvalue weighted by molar-refractivity contribution is 6.00. The largest absolute Gasteiger partial charge is 0.371 e. The molecule has 0 N–H and O–H groups in total. The van der Waals surface area contributed by atoms with E-state index >= 15 is 0 Å². The molecule has 0 heterocycles. The molecule has 2 nitrogen and oxygen atoms in total. The summed E-state index contributed by atoms with van der Waals surface area (Å²) in [4.78, 5) is 13.8. The van der Waals surface area contributed by atoms with Crippen LogP contribution in [0, 0.1) is 11.2 Å². The SMILES string of the molecule is CC(=O)c1c(F)cccc1N(C)C1CCC(C)(C)CC1. The van der Waals surface area contributed by atoms with E-state index in [1.807, 2.05) is 13.1 Å². The highest BCUT2D eigenvalue weighted by Crippen LogP contribution is 2.38. The number of nitrogens with zero attached hydrogens (tertiary/aromatic N) is 1. The smallest absolute Gasteiger partial charge is 0.164 e. The van der Waals surface area contributed by atoms with E-state index in [-0.39, 0.29) is 11.3 Å². The molecule has 1 aliphatic rings. The molecule has 0 atom stereocenters. The van der Waals surface area contributed by atoms with Crippen LogP contribution in [0.15, 0.2) is 18.2 Å². The van der Waals surface area contributed by atoms with Crippen LogP contribution >= 0.6 is 0 Å². The van der Waals surface area contributed by atoms with Gasteiger partial charge in [-0.25, -0.2) is 4.39 Å². The average Bonchev–Trinajstić information content (AvgIpc) is 2.37. The third-order valence-electron chi connectivity index (χ3n) is 4.58. The summed E-state index contributed by atoms with van der Waals surface area (Å²) in [5.41, 5.74) is 1.35. The van der Waals surface area contributed by atoms with Crippen molar-refractivity contribution in [3.05, 3.63) is 29.6 Å². The van der Waals surface area contributed by atoms with E-state index in [9.17, 15) is 9.18 Å². The topological polar surface area (TPSA) is 20.3 Å². The van der Waals surface area contributed by atoms with Crippen molar-refractivity contribution in [2.45, 2.75) is 52.5 Å². The van der Waals surface area contributed by atoms with Crippen molar-refractivity contribution in [2.75, 3.05) is 11.9 Å². The van der Waals surface area contributed by atoms with Crippen LogP contribution in [0.3, 0.4) is 0 Å². The maximum Gasteiger partial charge on any atom is 0.164 e. The van der Waals surface area contributed by atoms with E-state index in [1.54, 1.807) is 6.07 Å². The number of hydrogen-bond acceptors (Lipinski definition) is 2. The normalized spacial score (nSPS) is 18.9. The summed E-state index contributed by atoms with van der Waals surface area (Å²) < 4.78 is 13.9. The van der Waals surface area contributed by atoms with E-state index in [4.69, 9.17) is 0 Å². The molecule has 1 aliphatic carbocycles. The lowest BCUT2D eigenvalue weighted by Gasteiger charge is -2.40. The van der Waals surface area contributed by atoms with Gasteiger partial charge >= 0.3 is 0 Å². The van der Waals surface area contributed by atoms with Crippen LogP contribution in [0.4, 0.5) is 10.1 Å². The summed E-state index contributed by atoms with van der Waals surface area (Å²) in [6.45, 7) is 6.03. The maximum absolute atomic E-state index is 13.9. The third-order valence-corrected chi connectivity index (χ3v) is 4.58. The van der Waals surface area contributed by atoms with Crippen molar-refractivity contribution in [3.63, 3.8) is 0 Å². The van der Waals surface area contributed by atoms with Gasteiger partial charge in [0.1, 0.15) is 5.82 Å². The molecule has 0 saturated heterocycles. The van der Waals surface area contributed by atoms with Crippen molar-refractivity contribution in [1.29, 1.82) is 0 Å². The summed E-state index contributed by atoms with van der Waals surface area (Å²) in [7, 11) is 1.98. The molecule has 0 radical (unpaired) electrons. The number of carbonyl (C=O) groups is 1. The molecular formula is C17H24FNO. The number of rotatable bonds is 3. The second kappa shape index (κ2) is 5.55. The number of benzene rings is 1. The standard InChI is InChI=1S/C17H24FNO/c1-12(20)16-14(18)6-5-7-15(16)19(4)13-8-10-17(2,3)11-9-13/h5-7,13H,8-11H2,1-4H3. The molecule has 1 fully saturated rings. The molecule has 0 aromatic heterocycles. The van der Waals surface area contributed by atoms with Gasteiger partial charge in [0, 0.05) is 13.1 Å². The van der Waals surface area contributed by atoms with E-state index in [2.05, 4.69) is 18.7 Å². The highest BCUT2D eigenvalue weighted by Gasteiger charge is 2.30. The number of anilines is 1. The van der Waals surface area contributed by atoms with Crippen molar-refractivity contribution < 1.29 is 9.18 Å². The number of Topliss-reactive ketones (excluding diaryl/α,β-unsaturated/α-hetero) is 1. The number of halogens is 1. The predicted octanol–water partition coefficient (Wildman–Crippen LogP) is 4.43. The second-order valence-electron chi connectivity index (χ2n) is 6.70. The Morgan fingerprint density at radius 1 is 1.30 bits per heavy atom. The Morgan fingerprint density at radius 3 is 2.45 bits per heavy atom. The first-order valence-electron chi connectivity index (χ1n) is 7.34. The summed E-state index contributed by atoms with van der Waals surface area (Å²) in [5.74, 6) is -0.626. The van der Waals surface area contributed by atoms with Crippen LogP contribution in [0.2, 0.25) is 0 Å². The Balaban J connectivity index is 2.24. The first kappa shape index (κ1) is 15.0. The Kier molecular flexibility index (Phi) is 4.17. The van der Waals surface area contributed by atoms with Crippen LogP contribution in [-0.4, -0.2) is 18.9 Å². The van der Waals surface area contributed by atoms with Gasteiger partial charge in [0.2, 0.25) is 0 Å². The van der Waals surface area contributed by atoms with Crippen LogP contribution < -0.4 is 4.90 Å². The quantitative estimate of drug-likeness (QED) is 0.762. The minimum absolute atomic E-state index is 0.207. The molecule has 0 bridgehead atoms. The van der Waals surface area contributed by atoms with Gasteiger partial charge in [-0.2, -0.15) is 0 Å². The van der Waals surface area contributed by atoms with Crippen molar-refractivity contribution in [1.82, 2.24) is 0 Å². The summed E-state index contributed by atoms with van der Waals surface area (Å²) >= 11 is 0. The number of carbonyl (C=O) groups excluding carboxylic acids is 1. The summed E-state index contributed by atoms with van der Waals surface area (Å²) in [6, 6.07) is 5.28. The fourth-order valence-corrected chi connectivity index (χ4v) is 3.12. The fraction of sp³-hybridized carbons (Fsp3) is 0.588. The minimum Gasteiger partial charge on any atom is -0.371 e. The maximum atomic E-state index is 13.9. The molecule has 0 spiro atoms. The van der Waals surface area contributed by atoms with Gasteiger partial charge in [0.15, 0.2) is 5.78 Å². The van der Waals surface area contributed by atoms with E-state index in [0.29, 0.717) is 11.5 Å². The van der Waals surface area contributed by atoms with E-state index in [0.717, 1.165) is 18.5 Å². The second-order valence-corrected chi connectivity index (χ2v) is 6.70. The van der Waals surface area contributed by atoms with Crippen LogP contribution in [0.25, 0.3) is 0 Å². The molecule has 1 saturated carbocycles. The zero-order chi connectivity index (χ0) is 14.9. The molecule has 1 aromatic rings. The lowest BCUT2D eigenvalue weighted by molar-refractivity contribution is 0.101. The van der Waals surface area contributed by atoms with Crippen molar-refractivity contribution in [3.8, 4) is 0 Å². The van der Waals surface area contributed by atoms with Crippen LogP contribution in [-0.2, 0) is 0 Å². The molecule has 0 aliphatic heterocycles. The lowest BCUT2D eigenvalue weighted by atomic mass is 9.75. The molecule has 0 unspecified atom stereocenters. The summed E-state index contributed by atoms with van der Waals surface area (Å²) in [6.07, 6.45) is 4.54. The first-order valence-corrected chi connectivity index (χ1v) is 7.34. The first-order chi connectivity index (χ1) is 9.32. The molecule has 20 heavy (non-hydrogen) atoms. The molecule has 2 rings (SSSR count). The van der Waals surface area contributed by atoms with Crippen molar-refractivity contribution in [2.24, 2.45) is 5.41 Å². The Morgan fingerprint density at radius 2 is 1.90 bits per heavy atom. The van der Waals surface area contributed by atoms with Gasteiger partial charge < -0.3 is 4.90 Å². The predicted molar refractivity (Wildman–Crippen MR) is 80.8 cm³/mol. The average molecular weight is 277 g/mol. The fourth-order valence-electron chi connectivity index (χ4n) is 3.12. The number of hydrogen-bond donors (Lipinski definition) is 0. The Bertz CT molecular complexity index is 500. The molecule has 0 amide bonds. The van der Waals surface area contributed by atoms with Crippen LogP contribution in [0.1, 0.15) is 56.8 Å². The van der Waals surface area contributed by atoms with Gasteiger partial charge in [-0.1, -0.05) is 19.9 Å². The Labute approximate surface area is 121 Å². The Hall–Kier alpha value is -1.38. The zero-order valence-electron chi connectivity index (χ0n) is 12.9. The molecule has 1 aromatic carbocycles. The van der Waals surface area contributed by atoms with Gasteiger partial charge in [-0.3, -0.25) is 4.79 Å². The monoisotopic (exact) mass is 277 g/mol. The summed E-state index contributed by atoms with van der Waals surface area (Å²) in [5, 5.41) is 0. The van der Waals surface area contributed by atoms with E-state index < -0.39 is 5.82 Å².